The lowest BCUT2D eigenvalue weighted by Gasteiger charge is -2.25. The molecule has 6 heteroatoms. The minimum absolute atomic E-state index is 0.0328. The highest BCUT2D eigenvalue weighted by molar-refractivity contribution is 5.86. The van der Waals surface area contributed by atoms with Gasteiger partial charge in [0.1, 0.15) is 0 Å². The predicted molar refractivity (Wildman–Crippen MR) is 74.0 cm³/mol. The van der Waals surface area contributed by atoms with Gasteiger partial charge >= 0.3 is 5.97 Å². The van der Waals surface area contributed by atoms with E-state index in [0.717, 1.165) is 0 Å². The zero-order chi connectivity index (χ0) is 15.3. The van der Waals surface area contributed by atoms with Crippen molar-refractivity contribution in [3.63, 3.8) is 0 Å². The number of carbonyl (C=O) groups is 3. The Bertz CT molecular complexity index is 379. The van der Waals surface area contributed by atoms with E-state index in [1.165, 1.54) is 0 Å². The summed E-state index contributed by atoms with van der Waals surface area (Å²) in [4.78, 5) is 34.3. The lowest BCUT2D eigenvalue weighted by Crippen LogP contribution is -2.47. The lowest BCUT2D eigenvalue weighted by molar-refractivity contribution is -0.144. The maximum Gasteiger partial charge on any atom is 0.306 e. The summed E-state index contributed by atoms with van der Waals surface area (Å²) in [6.45, 7) is 5.59. The van der Waals surface area contributed by atoms with Gasteiger partial charge in [0.25, 0.3) is 0 Å². The first kappa shape index (κ1) is 16.5. The Labute approximate surface area is 119 Å². The van der Waals surface area contributed by atoms with Crippen LogP contribution in [0.1, 0.15) is 46.5 Å². The number of carbonyl (C=O) groups excluding carboxylic acids is 2. The van der Waals surface area contributed by atoms with Crippen LogP contribution in [0.15, 0.2) is 0 Å². The van der Waals surface area contributed by atoms with Crippen LogP contribution >= 0.6 is 0 Å². The number of carboxylic acid groups (broad SMARTS) is 1. The maximum absolute atomic E-state index is 11.9. The third-order valence-corrected chi connectivity index (χ3v) is 3.38. The third kappa shape index (κ3) is 5.59. The monoisotopic (exact) mass is 284 g/mol. The molecule has 1 fully saturated rings. The Morgan fingerprint density at radius 2 is 1.55 bits per heavy atom. The van der Waals surface area contributed by atoms with Crippen molar-refractivity contribution in [1.29, 1.82) is 0 Å². The van der Waals surface area contributed by atoms with Crippen molar-refractivity contribution in [2.45, 2.75) is 52.0 Å². The largest absolute Gasteiger partial charge is 0.481 e. The Morgan fingerprint density at radius 3 is 2.00 bits per heavy atom. The average Bonchev–Trinajstić information content (AvgIpc) is 2.34. The van der Waals surface area contributed by atoms with Crippen molar-refractivity contribution in [3.8, 4) is 0 Å². The van der Waals surface area contributed by atoms with Gasteiger partial charge in [0.15, 0.2) is 0 Å². The molecule has 1 saturated carbocycles. The number of hydrogen-bond acceptors (Lipinski definition) is 3. The predicted octanol–water partition coefficient (Wildman–Crippen LogP) is 0.908. The molecule has 0 atom stereocenters. The quantitative estimate of drug-likeness (QED) is 0.715. The highest BCUT2D eigenvalue weighted by Gasteiger charge is 2.29. The van der Waals surface area contributed by atoms with Gasteiger partial charge in [-0.05, 0) is 46.5 Å². The van der Waals surface area contributed by atoms with Crippen LogP contribution in [0.4, 0.5) is 0 Å². The van der Waals surface area contributed by atoms with Crippen molar-refractivity contribution in [2.24, 2.45) is 11.8 Å². The molecule has 0 unspecified atom stereocenters. The molecule has 0 aromatic carbocycles. The number of amides is 2. The fourth-order valence-corrected chi connectivity index (χ4v) is 2.38. The fraction of sp³-hybridized carbons (Fsp3) is 0.786. The van der Waals surface area contributed by atoms with Gasteiger partial charge in [-0.3, -0.25) is 14.4 Å². The summed E-state index contributed by atoms with van der Waals surface area (Å²) in [5, 5.41) is 14.3. The molecule has 20 heavy (non-hydrogen) atoms. The summed E-state index contributed by atoms with van der Waals surface area (Å²) in [7, 11) is 0. The summed E-state index contributed by atoms with van der Waals surface area (Å²) < 4.78 is 0. The van der Waals surface area contributed by atoms with E-state index in [2.05, 4.69) is 10.6 Å². The van der Waals surface area contributed by atoms with Crippen molar-refractivity contribution in [2.75, 3.05) is 6.54 Å². The summed E-state index contributed by atoms with van der Waals surface area (Å²) in [6.07, 6.45) is 2.20. The molecule has 6 nitrogen and oxygen atoms in total. The number of nitrogens with one attached hydrogen (secondary N) is 2. The van der Waals surface area contributed by atoms with Crippen LogP contribution in [0.3, 0.4) is 0 Å². The molecule has 0 aromatic heterocycles. The van der Waals surface area contributed by atoms with Crippen molar-refractivity contribution in [1.82, 2.24) is 10.6 Å². The van der Waals surface area contributed by atoms with Crippen LogP contribution in [0, 0.1) is 11.8 Å². The Kier molecular flexibility index (Phi) is 5.53. The van der Waals surface area contributed by atoms with Gasteiger partial charge in [0.05, 0.1) is 12.5 Å². The summed E-state index contributed by atoms with van der Waals surface area (Å²) >= 11 is 0. The molecule has 0 spiro atoms. The molecule has 0 radical (unpaired) electrons. The van der Waals surface area contributed by atoms with Gasteiger partial charge in [-0.2, -0.15) is 0 Å². The van der Waals surface area contributed by atoms with E-state index in [-0.39, 0.29) is 35.7 Å². The molecule has 0 aliphatic heterocycles. The molecule has 0 bridgehead atoms. The Hall–Kier alpha value is -1.59. The van der Waals surface area contributed by atoms with Crippen LogP contribution in [0.2, 0.25) is 0 Å². The summed E-state index contributed by atoms with van der Waals surface area (Å²) in [5.41, 5.74) is -0.318. The fourth-order valence-electron chi connectivity index (χ4n) is 2.38. The molecular weight excluding hydrogens is 260 g/mol. The van der Waals surface area contributed by atoms with E-state index in [1.807, 2.05) is 20.8 Å². The molecule has 0 saturated heterocycles. The molecule has 1 aliphatic carbocycles. The number of rotatable bonds is 4. The van der Waals surface area contributed by atoms with Crippen LogP contribution < -0.4 is 10.6 Å². The standard InChI is InChI=1S/C14H24N2O4/c1-14(2,3)16-11(17)8-15-12(18)9-4-6-10(7-5-9)13(19)20/h9-10H,4-8H2,1-3H3,(H,15,18)(H,16,17)(H,19,20). The normalized spacial score (nSPS) is 22.9. The third-order valence-electron chi connectivity index (χ3n) is 3.38. The van der Waals surface area contributed by atoms with Gasteiger partial charge in [0.2, 0.25) is 11.8 Å². The SMILES string of the molecule is CC(C)(C)NC(=O)CNC(=O)C1CCC(C(=O)O)CC1. The zero-order valence-electron chi connectivity index (χ0n) is 12.4. The van der Waals surface area contributed by atoms with Gasteiger partial charge in [-0.15, -0.1) is 0 Å². The first-order chi connectivity index (χ1) is 9.19. The Morgan fingerprint density at radius 1 is 1.05 bits per heavy atom. The van der Waals surface area contributed by atoms with E-state index >= 15 is 0 Å². The number of aliphatic carboxylic acids is 1. The van der Waals surface area contributed by atoms with Crippen molar-refractivity contribution >= 4 is 17.8 Å². The first-order valence-corrected chi connectivity index (χ1v) is 7.00. The molecule has 2 amide bonds. The Balaban J connectivity index is 2.31. The molecule has 3 N–H and O–H groups in total. The van der Waals surface area contributed by atoms with Crippen molar-refractivity contribution < 1.29 is 19.5 Å². The second kappa shape index (κ2) is 6.72. The number of carboxylic acids is 1. The number of hydrogen-bond donors (Lipinski definition) is 3. The van der Waals surface area contributed by atoms with Gasteiger partial charge in [0, 0.05) is 11.5 Å². The van der Waals surface area contributed by atoms with Gasteiger partial charge in [-0.25, -0.2) is 0 Å². The van der Waals surface area contributed by atoms with Crippen molar-refractivity contribution in [3.05, 3.63) is 0 Å². The van der Waals surface area contributed by atoms with Crippen LogP contribution in [0.25, 0.3) is 0 Å². The minimum atomic E-state index is -0.784. The second-order valence-electron chi connectivity index (χ2n) is 6.40. The summed E-state index contributed by atoms with van der Waals surface area (Å²) in [6, 6.07) is 0. The smallest absolute Gasteiger partial charge is 0.306 e. The lowest BCUT2D eigenvalue weighted by atomic mass is 9.81. The van der Waals surface area contributed by atoms with E-state index in [4.69, 9.17) is 5.11 Å². The molecule has 1 aliphatic rings. The topological polar surface area (TPSA) is 95.5 Å². The highest BCUT2D eigenvalue weighted by Crippen LogP contribution is 2.28. The molecule has 0 aromatic rings. The first-order valence-electron chi connectivity index (χ1n) is 7.00. The van der Waals surface area contributed by atoms with E-state index in [9.17, 15) is 14.4 Å². The van der Waals surface area contributed by atoms with Crippen LogP contribution in [-0.4, -0.2) is 35.0 Å². The maximum atomic E-state index is 11.9. The van der Waals surface area contributed by atoms with E-state index < -0.39 is 5.97 Å². The molecular formula is C14H24N2O4. The second-order valence-corrected chi connectivity index (χ2v) is 6.40. The molecule has 0 heterocycles. The highest BCUT2D eigenvalue weighted by atomic mass is 16.4. The van der Waals surface area contributed by atoms with Gasteiger partial charge < -0.3 is 15.7 Å². The molecule has 114 valence electrons. The molecule has 1 rings (SSSR count). The van der Waals surface area contributed by atoms with Crippen LogP contribution in [-0.2, 0) is 14.4 Å². The summed E-state index contributed by atoms with van der Waals surface area (Å²) in [5.74, 6) is -1.66. The van der Waals surface area contributed by atoms with Gasteiger partial charge in [-0.1, -0.05) is 0 Å². The minimum Gasteiger partial charge on any atom is -0.481 e. The van der Waals surface area contributed by atoms with E-state index in [1.54, 1.807) is 0 Å². The average molecular weight is 284 g/mol. The zero-order valence-corrected chi connectivity index (χ0v) is 12.4. The van der Waals surface area contributed by atoms with Crippen LogP contribution in [0.5, 0.6) is 0 Å². The van der Waals surface area contributed by atoms with E-state index in [0.29, 0.717) is 25.7 Å².